The molecular weight excluding hydrogens is 417 g/mol. The molecular formula is C22H20FN5O2S. The number of nitrogens with one attached hydrogen (secondary N) is 3. The summed E-state index contributed by atoms with van der Waals surface area (Å²) in [5.74, 6) is 0.0808. The fourth-order valence-corrected chi connectivity index (χ4v) is 5.30. The van der Waals surface area contributed by atoms with Crippen molar-refractivity contribution in [2.75, 3.05) is 12.4 Å². The molecule has 1 saturated carbocycles. The van der Waals surface area contributed by atoms with Crippen LogP contribution in [0.1, 0.15) is 12.8 Å². The van der Waals surface area contributed by atoms with Gasteiger partial charge in [-0.25, -0.2) is 23.3 Å². The Labute approximate surface area is 178 Å². The van der Waals surface area contributed by atoms with E-state index in [2.05, 4.69) is 20.3 Å². The second-order valence-corrected chi connectivity index (χ2v) is 9.76. The van der Waals surface area contributed by atoms with Crippen molar-refractivity contribution in [1.29, 1.82) is 4.78 Å². The molecule has 2 heterocycles. The van der Waals surface area contributed by atoms with Crippen molar-refractivity contribution in [3.63, 3.8) is 0 Å². The van der Waals surface area contributed by atoms with Crippen molar-refractivity contribution in [2.45, 2.75) is 23.0 Å². The summed E-state index contributed by atoms with van der Waals surface area (Å²) < 4.78 is 41.0. The molecule has 1 aliphatic rings. The summed E-state index contributed by atoms with van der Waals surface area (Å²) in [6.07, 6.45) is 4.46. The van der Waals surface area contributed by atoms with E-state index >= 15 is 0 Å². The lowest BCUT2D eigenvalue weighted by Crippen LogP contribution is -2.06. The monoisotopic (exact) mass is 437 g/mol. The highest BCUT2D eigenvalue weighted by molar-refractivity contribution is 7.93. The third kappa shape index (κ3) is 3.50. The van der Waals surface area contributed by atoms with Gasteiger partial charge in [0, 0.05) is 27.9 Å². The van der Waals surface area contributed by atoms with Crippen LogP contribution in [0.4, 0.5) is 16.0 Å². The predicted octanol–water partition coefficient (Wildman–Crippen LogP) is 5.08. The quantitative estimate of drug-likeness (QED) is 0.390. The van der Waals surface area contributed by atoms with Crippen LogP contribution in [0.3, 0.4) is 0 Å². The van der Waals surface area contributed by atoms with Gasteiger partial charge in [0.15, 0.2) is 5.82 Å². The summed E-state index contributed by atoms with van der Waals surface area (Å²) in [4.78, 5) is 12.0. The average Bonchev–Trinajstić information content (AvgIpc) is 3.56. The number of aromatic nitrogens is 3. The summed E-state index contributed by atoms with van der Waals surface area (Å²) >= 11 is 0. The fraction of sp³-hybridized carbons (Fsp3) is 0.182. The predicted molar refractivity (Wildman–Crippen MR) is 118 cm³/mol. The molecule has 1 fully saturated rings. The van der Waals surface area contributed by atoms with Crippen LogP contribution in [0.5, 0.6) is 5.75 Å². The Morgan fingerprint density at radius 1 is 1.26 bits per heavy atom. The van der Waals surface area contributed by atoms with E-state index in [1.54, 1.807) is 24.4 Å². The molecule has 9 heteroatoms. The first kappa shape index (κ1) is 19.5. The summed E-state index contributed by atoms with van der Waals surface area (Å²) in [5.41, 5.74) is 2.23. The van der Waals surface area contributed by atoms with Crippen LogP contribution < -0.4 is 10.1 Å². The Bertz CT molecular complexity index is 1400. The Hall–Kier alpha value is -3.46. The van der Waals surface area contributed by atoms with Gasteiger partial charge in [-0.2, -0.15) is 0 Å². The number of hydrogen-bond acceptors (Lipinski definition) is 6. The molecule has 3 N–H and O–H groups in total. The van der Waals surface area contributed by atoms with Crippen molar-refractivity contribution in [2.24, 2.45) is 0 Å². The number of benzene rings is 2. The maximum atomic E-state index is 14.6. The van der Waals surface area contributed by atoms with Crippen LogP contribution in [0.15, 0.2) is 59.8 Å². The molecule has 158 valence electrons. The van der Waals surface area contributed by atoms with Crippen LogP contribution >= 0.6 is 0 Å². The Morgan fingerprint density at radius 3 is 2.84 bits per heavy atom. The lowest BCUT2D eigenvalue weighted by Gasteiger charge is -2.14. The first-order valence-corrected chi connectivity index (χ1v) is 11.4. The number of aromatic amines is 1. The number of ether oxygens (including phenoxy) is 1. The number of methoxy groups -OCH3 is 1. The van der Waals surface area contributed by atoms with Crippen LogP contribution in [-0.4, -0.2) is 31.5 Å². The largest absolute Gasteiger partial charge is 0.495 e. The number of halogens is 1. The zero-order valence-corrected chi connectivity index (χ0v) is 17.5. The van der Waals surface area contributed by atoms with E-state index < -0.39 is 15.5 Å². The van der Waals surface area contributed by atoms with Crippen LogP contribution in [0, 0.1) is 10.6 Å². The maximum Gasteiger partial charge on any atom is 0.228 e. The molecule has 0 saturated heterocycles. The lowest BCUT2D eigenvalue weighted by molar-refractivity contribution is 0.415. The van der Waals surface area contributed by atoms with Gasteiger partial charge in [0.25, 0.3) is 0 Å². The van der Waals surface area contributed by atoms with Gasteiger partial charge in [-0.3, -0.25) is 0 Å². The van der Waals surface area contributed by atoms with E-state index in [0.717, 1.165) is 29.9 Å². The van der Waals surface area contributed by atoms with Crippen molar-refractivity contribution < 1.29 is 13.3 Å². The van der Waals surface area contributed by atoms with Crippen molar-refractivity contribution in [3.8, 4) is 17.0 Å². The smallest absolute Gasteiger partial charge is 0.228 e. The van der Waals surface area contributed by atoms with E-state index in [9.17, 15) is 8.60 Å². The minimum atomic E-state index is -2.84. The van der Waals surface area contributed by atoms with Crippen molar-refractivity contribution >= 4 is 32.3 Å². The highest BCUT2D eigenvalue weighted by atomic mass is 32.2. The third-order valence-corrected chi connectivity index (χ3v) is 7.72. The normalized spacial score (nSPS) is 15.5. The number of nitrogens with zero attached hydrogens (tertiary/aromatic N) is 2. The molecule has 0 amide bonds. The lowest BCUT2D eigenvalue weighted by atomic mass is 10.1. The maximum absolute atomic E-state index is 14.6. The molecule has 7 nitrogen and oxygen atoms in total. The first-order valence-electron chi connectivity index (χ1n) is 9.79. The number of anilines is 2. The highest BCUT2D eigenvalue weighted by Gasteiger charge is 2.34. The number of H-pyrrole nitrogens is 1. The Morgan fingerprint density at radius 2 is 2.06 bits per heavy atom. The number of hydrogen-bond donors (Lipinski definition) is 3. The second kappa shape index (κ2) is 7.35. The summed E-state index contributed by atoms with van der Waals surface area (Å²) in [7, 11) is -1.35. The zero-order chi connectivity index (χ0) is 21.6. The van der Waals surface area contributed by atoms with Gasteiger partial charge in [0.2, 0.25) is 5.95 Å². The van der Waals surface area contributed by atoms with Gasteiger partial charge in [-0.05, 0) is 37.1 Å². The highest BCUT2D eigenvalue weighted by Crippen LogP contribution is 2.37. The summed E-state index contributed by atoms with van der Waals surface area (Å²) in [6.45, 7) is 0. The van der Waals surface area contributed by atoms with E-state index in [1.165, 1.54) is 7.11 Å². The first-order chi connectivity index (χ1) is 15.0. The molecule has 0 bridgehead atoms. The van der Waals surface area contributed by atoms with E-state index in [4.69, 9.17) is 9.52 Å². The van der Waals surface area contributed by atoms with Gasteiger partial charge in [-0.15, -0.1) is 0 Å². The minimum Gasteiger partial charge on any atom is -0.495 e. The van der Waals surface area contributed by atoms with E-state index in [0.29, 0.717) is 21.9 Å². The third-order valence-electron chi connectivity index (χ3n) is 5.35. The number of rotatable bonds is 6. The molecule has 0 spiro atoms. The standard InChI is InChI=1S/C22H20FN5O2S/c1-30-20-10-14(31(24,29)13-6-7-13)8-9-19(20)27-22-26-12-17(23)21(28-22)16-11-25-18-5-3-2-4-15(16)18/h2-5,8-13,24-25H,6-7H2,1H3,(H,26,27,28). The molecule has 4 aromatic rings. The zero-order valence-electron chi connectivity index (χ0n) is 16.7. The Balaban J connectivity index is 1.50. The molecule has 2 aromatic heterocycles. The van der Waals surface area contributed by atoms with E-state index in [1.807, 2.05) is 24.3 Å². The fourth-order valence-electron chi connectivity index (χ4n) is 3.56. The van der Waals surface area contributed by atoms with Crippen LogP contribution in [0.2, 0.25) is 0 Å². The van der Waals surface area contributed by atoms with Gasteiger partial charge in [0.05, 0.1) is 33.6 Å². The average molecular weight is 438 g/mol. The van der Waals surface area contributed by atoms with Gasteiger partial charge in [0.1, 0.15) is 11.4 Å². The number of fused-ring (bicyclic) bond motifs is 1. The molecule has 2 aromatic carbocycles. The van der Waals surface area contributed by atoms with Gasteiger partial charge < -0.3 is 15.0 Å². The molecule has 0 radical (unpaired) electrons. The van der Waals surface area contributed by atoms with Crippen LogP contribution in [0.25, 0.3) is 22.2 Å². The van der Waals surface area contributed by atoms with Crippen molar-refractivity contribution in [1.82, 2.24) is 15.0 Å². The summed E-state index contributed by atoms with van der Waals surface area (Å²) in [6, 6.07) is 12.5. The topological polar surface area (TPSA) is 104 Å². The molecule has 0 aliphatic heterocycles. The number of para-hydroxylation sites is 1. The molecule has 1 aliphatic carbocycles. The van der Waals surface area contributed by atoms with Crippen molar-refractivity contribution in [3.05, 3.63) is 60.7 Å². The van der Waals surface area contributed by atoms with E-state index in [-0.39, 0.29) is 16.9 Å². The van der Waals surface area contributed by atoms with Gasteiger partial charge >= 0.3 is 0 Å². The van der Waals surface area contributed by atoms with Crippen LogP contribution in [-0.2, 0) is 9.73 Å². The second-order valence-electron chi connectivity index (χ2n) is 7.43. The summed E-state index contributed by atoms with van der Waals surface area (Å²) in [5, 5.41) is 3.82. The molecule has 31 heavy (non-hydrogen) atoms. The molecule has 5 rings (SSSR count). The minimum absolute atomic E-state index is 0.0878. The Kier molecular flexibility index (Phi) is 4.62. The molecule has 1 atom stereocenters. The van der Waals surface area contributed by atoms with Gasteiger partial charge in [-0.1, -0.05) is 18.2 Å². The SMILES string of the molecule is COc1cc(S(=N)(=O)C2CC2)ccc1Nc1ncc(F)c(-c2c[nH]c3ccccc23)n1. The molecule has 1 unspecified atom stereocenters.